The second-order valence-electron chi connectivity index (χ2n) is 5.94. The van der Waals surface area contributed by atoms with Crippen LogP contribution in [0.15, 0.2) is 22.8 Å². The van der Waals surface area contributed by atoms with E-state index in [1.54, 1.807) is 13.0 Å². The molecule has 7 nitrogen and oxygen atoms in total. The second kappa shape index (κ2) is 9.48. The van der Waals surface area contributed by atoms with Gasteiger partial charge >= 0.3 is 11.9 Å². The van der Waals surface area contributed by atoms with E-state index in [0.717, 1.165) is 0 Å². The number of esters is 2. The third-order valence-electron chi connectivity index (χ3n) is 4.42. The maximum atomic E-state index is 12.4. The molecule has 1 rings (SSSR count). The second-order valence-corrected chi connectivity index (χ2v) is 5.94. The molecule has 1 aliphatic rings. The van der Waals surface area contributed by atoms with Crippen LogP contribution in [-0.2, 0) is 23.9 Å². The van der Waals surface area contributed by atoms with E-state index in [1.807, 2.05) is 6.92 Å². The van der Waals surface area contributed by atoms with Crippen LogP contribution >= 0.6 is 0 Å². The Hall–Kier alpha value is -1.99. The quantitative estimate of drug-likeness (QED) is 0.574. The Labute approximate surface area is 147 Å². The summed E-state index contributed by atoms with van der Waals surface area (Å²) in [6.45, 7) is 3.50. The number of carbonyl (C=O) groups excluding carboxylic acids is 3. The van der Waals surface area contributed by atoms with Crippen molar-refractivity contribution >= 4 is 17.7 Å². The summed E-state index contributed by atoms with van der Waals surface area (Å²) in [4.78, 5) is 37.1. The van der Waals surface area contributed by atoms with E-state index in [1.165, 1.54) is 14.2 Å². The van der Waals surface area contributed by atoms with Crippen molar-refractivity contribution in [3.8, 4) is 0 Å². The van der Waals surface area contributed by atoms with Gasteiger partial charge in [0.05, 0.1) is 31.5 Å². The van der Waals surface area contributed by atoms with E-state index in [0.29, 0.717) is 18.4 Å². The van der Waals surface area contributed by atoms with Crippen molar-refractivity contribution in [1.82, 2.24) is 0 Å². The van der Waals surface area contributed by atoms with E-state index in [4.69, 9.17) is 9.47 Å². The summed E-state index contributed by atoms with van der Waals surface area (Å²) in [6, 6.07) is 0. The summed E-state index contributed by atoms with van der Waals surface area (Å²) >= 11 is 0. The maximum Gasteiger partial charge on any atom is 0.334 e. The van der Waals surface area contributed by atoms with E-state index >= 15 is 0 Å². The summed E-state index contributed by atoms with van der Waals surface area (Å²) in [5, 5.41) is 20.8. The molecular weight excluding hydrogens is 328 g/mol. The minimum absolute atomic E-state index is 0.00583. The fourth-order valence-corrected chi connectivity index (χ4v) is 3.06. The maximum absolute atomic E-state index is 12.4. The number of aliphatic hydroxyl groups excluding tert-OH is 2. The average Bonchev–Trinajstić information content (AvgIpc) is 2.64. The predicted octanol–water partition coefficient (Wildman–Crippen LogP) is 1.08. The van der Waals surface area contributed by atoms with Crippen LogP contribution in [-0.4, -0.2) is 54.4 Å². The number of ketones is 1. The van der Waals surface area contributed by atoms with Crippen LogP contribution in [0, 0.1) is 5.92 Å². The molecule has 0 fully saturated rings. The van der Waals surface area contributed by atoms with Gasteiger partial charge < -0.3 is 19.7 Å². The van der Waals surface area contributed by atoms with Gasteiger partial charge in [0.15, 0.2) is 5.78 Å². The van der Waals surface area contributed by atoms with Crippen LogP contribution in [0.4, 0.5) is 0 Å². The third-order valence-corrected chi connectivity index (χ3v) is 4.42. The number of aliphatic hydroxyl groups is 2. The molecule has 0 unspecified atom stereocenters. The zero-order valence-electron chi connectivity index (χ0n) is 15.1. The summed E-state index contributed by atoms with van der Waals surface area (Å²) < 4.78 is 9.59. The minimum atomic E-state index is -1.51. The van der Waals surface area contributed by atoms with Crippen molar-refractivity contribution in [3.05, 3.63) is 22.8 Å². The zero-order chi connectivity index (χ0) is 19.1. The summed E-state index contributed by atoms with van der Waals surface area (Å²) in [5.41, 5.74) is 0.332. The molecule has 0 saturated heterocycles. The molecule has 0 aromatic carbocycles. The van der Waals surface area contributed by atoms with Crippen LogP contribution in [0.5, 0.6) is 0 Å². The summed E-state index contributed by atoms with van der Waals surface area (Å²) in [6.07, 6.45) is -0.547. The van der Waals surface area contributed by atoms with Crippen LogP contribution < -0.4 is 0 Å². The fraction of sp³-hybridized carbons (Fsp3) is 0.611. The molecule has 140 valence electrons. The van der Waals surface area contributed by atoms with Gasteiger partial charge in [-0.05, 0) is 18.9 Å². The molecule has 0 radical (unpaired) electrons. The molecule has 0 saturated carbocycles. The molecule has 0 aliphatic heterocycles. The number of Topliss-reactive ketones (excluding diaryl/α,β-unsaturated/α-hetero) is 1. The molecule has 2 N–H and O–H groups in total. The molecule has 0 amide bonds. The zero-order valence-corrected chi connectivity index (χ0v) is 15.1. The van der Waals surface area contributed by atoms with Crippen molar-refractivity contribution < 1.29 is 34.1 Å². The van der Waals surface area contributed by atoms with Gasteiger partial charge in [-0.25, -0.2) is 9.59 Å². The van der Waals surface area contributed by atoms with Gasteiger partial charge in [-0.1, -0.05) is 19.4 Å². The molecule has 1 aliphatic carbocycles. The normalized spacial score (nSPS) is 29.6. The van der Waals surface area contributed by atoms with Crippen LogP contribution in [0.25, 0.3) is 0 Å². The Morgan fingerprint density at radius 1 is 1.20 bits per heavy atom. The molecule has 3 atom stereocenters. The molecule has 0 aromatic rings. The monoisotopic (exact) mass is 354 g/mol. The number of rotatable bonds is 4. The van der Waals surface area contributed by atoms with Crippen molar-refractivity contribution in [2.45, 2.75) is 51.7 Å². The Morgan fingerprint density at radius 2 is 1.80 bits per heavy atom. The highest BCUT2D eigenvalue weighted by molar-refractivity contribution is 6.02. The van der Waals surface area contributed by atoms with E-state index < -0.39 is 35.8 Å². The first-order chi connectivity index (χ1) is 11.8. The van der Waals surface area contributed by atoms with E-state index in [2.05, 4.69) is 0 Å². The van der Waals surface area contributed by atoms with Gasteiger partial charge in [0, 0.05) is 18.8 Å². The van der Waals surface area contributed by atoms with Gasteiger partial charge in [-0.2, -0.15) is 0 Å². The summed E-state index contributed by atoms with van der Waals surface area (Å²) in [5.74, 6) is -3.03. The highest BCUT2D eigenvalue weighted by Crippen LogP contribution is 2.33. The largest absolute Gasteiger partial charge is 0.466 e. The third kappa shape index (κ3) is 4.76. The Morgan fingerprint density at radius 3 is 2.28 bits per heavy atom. The molecule has 0 bridgehead atoms. The Balaban J connectivity index is 3.70. The number of allylic oxidation sites excluding steroid dienone is 1. The lowest BCUT2D eigenvalue weighted by Crippen LogP contribution is -2.35. The molecule has 0 aromatic heterocycles. The summed E-state index contributed by atoms with van der Waals surface area (Å²) in [7, 11) is 2.35. The number of hydrogen-bond donors (Lipinski definition) is 2. The van der Waals surface area contributed by atoms with Gasteiger partial charge in [-0.3, -0.25) is 4.79 Å². The van der Waals surface area contributed by atoms with Crippen molar-refractivity contribution in [2.24, 2.45) is 5.92 Å². The fourth-order valence-electron chi connectivity index (χ4n) is 3.06. The molecule has 25 heavy (non-hydrogen) atoms. The van der Waals surface area contributed by atoms with Gasteiger partial charge in [0.1, 0.15) is 6.10 Å². The van der Waals surface area contributed by atoms with Gasteiger partial charge in [-0.15, -0.1) is 0 Å². The van der Waals surface area contributed by atoms with Crippen LogP contribution in [0.3, 0.4) is 0 Å². The minimum Gasteiger partial charge on any atom is -0.466 e. The lowest BCUT2D eigenvalue weighted by atomic mass is 9.83. The number of ether oxygens (including phenoxy) is 2. The van der Waals surface area contributed by atoms with Crippen LogP contribution in [0.1, 0.15) is 39.5 Å². The van der Waals surface area contributed by atoms with Gasteiger partial charge in [0.2, 0.25) is 0 Å². The first kappa shape index (κ1) is 21.1. The molecule has 0 spiro atoms. The number of carbonyl (C=O) groups is 3. The molecule has 0 heterocycles. The van der Waals surface area contributed by atoms with Crippen molar-refractivity contribution in [2.75, 3.05) is 14.2 Å². The lowest BCUT2D eigenvalue weighted by molar-refractivity contribution is -0.141. The number of hydrogen-bond acceptors (Lipinski definition) is 7. The molecular formula is C18H26O7. The number of methoxy groups -OCH3 is 2. The average molecular weight is 354 g/mol. The van der Waals surface area contributed by atoms with Crippen LogP contribution in [0.2, 0.25) is 0 Å². The predicted molar refractivity (Wildman–Crippen MR) is 89.5 cm³/mol. The van der Waals surface area contributed by atoms with E-state index in [-0.39, 0.29) is 24.0 Å². The van der Waals surface area contributed by atoms with Gasteiger partial charge in [0.25, 0.3) is 0 Å². The highest BCUT2D eigenvalue weighted by Gasteiger charge is 2.39. The highest BCUT2D eigenvalue weighted by atomic mass is 16.5. The standard InChI is InChI=1S/C18H26O7/c1-5-7-11-15(18(23)25-4)12(17(22)24-3)8-10(6-2)13(19)9-14(20)16(11)21/h6,11,13,16,19,21H,5,7-9H2,1-4H3/b10-6+,15-12-/t11-,13+,16+/m0/s1. The Bertz CT molecular complexity index is 588. The molecule has 7 heteroatoms. The topological polar surface area (TPSA) is 110 Å². The smallest absolute Gasteiger partial charge is 0.334 e. The Kier molecular flexibility index (Phi) is 7.99. The van der Waals surface area contributed by atoms with Crippen molar-refractivity contribution in [1.29, 1.82) is 0 Å². The first-order valence-corrected chi connectivity index (χ1v) is 8.25. The first-order valence-electron chi connectivity index (χ1n) is 8.25. The van der Waals surface area contributed by atoms with E-state index in [9.17, 15) is 24.6 Å². The van der Waals surface area contributed by atoms with Crippen molar-refractivity contribution in [3.63, 3.8) is 0 Å². The lowest BCUT2D eigenvalue weighted by Gasteiger charge is -2.24. The SMILES string of the molecule is C/C=C1\C/C(C(=O)OC)=C(/C(=O)OC)[C@H](CCC)[C@@H](O)C(=O)C[C@H]1O.